The molecule has 2 atom stereocenters. The van der Waals surface area contributed by atoms with E-state index in [0.717, 1.165) is 13.1 Å². The van der Waals surface area contributed by atoms with E-state index in [1.54, 1.807) is 13.2 Å². The van der Waals surface area contributed by atoms with E-state index in [4.69, 9.17) is 4.74 Å². The van der Waals surface area contributed by atoms with E-state index in [-0.39, 0.29) is 17.8 Å². The molecule has 0 aromatic carbocycles. The van der Waals surface area contributed by atoms with Crippen molar-refractivity contribution in [3.05, 3.63) is 24.6 Å². The highest BCUT2D eigenvalue weighted by atomic mass is 19.1. The Hall–Kier alpha value is -0.710. The van der Waals surface area contributed by atoms with Crippen molar-refractivity contribution in [1.82, 2.24) is 10.9 Å². The molecule has 94 valence electrons. The van der Waals surface area contributed by atoms with Gasteiger partial charge in [-0.1, -0.05) is 13.5 Å². The predicted octanol–water partition coefficient (Wildman–Crippen LogP) is 2.18. The van der Waals surface area contributed by atoms with Gasteiger partial charge in [0.05, 0.1) is 6.10 Å². The lowest BCUT2D eigenvalue weighted by Crippen LogP contribution is -2.39. The molecule has 0 heterocycles. The summed E-state index contributed by atoms with van der Waals surface area (Å²) in [5.41, 5.74) is 6.10. The standard InChI is InChI=1S/C12H23FN2O/c1-5-12(13)8-7-11(10(3)16-4)9-15-14-6-2/h5,8,10-11,14-15H,1,6-7,9H2,2-4H3/b12-8+/t10?,11-/m1/s1. The molecular weight excluding hydrogens is 207 g/mol. The highest BCUT2D eigenvalue weighted by molar-refractivity contribution is 5.07. The lowest BCUT2D eigenvalue weighted by Gasteiger charge is -2.22. The minimum absolute atomic E-state index is 0.0834. The minimum Gasteiger partial charge on any atom is -0.381 e. The molecule has 16 heavy (non-hydrogen) atoms. The van der Waals surface area contributed by atoms with Gasteiger partial charge in [-0.15, -0.1) is 0 Å². The van der Waals surface area contributed by atoms with Gasteiger partial charge in [0.2, 0.25) is 0 Å². The molecule has 2 N–H and O–H groups in total. The fourth-order valence-electron chi connectivity index (χ4n) is 1.31. The van der Waals surface area contributed by atoms with Crippen LogP contribution in [-0.2, 0) is 4.74 Å². The zero-order valence-corrected chi connectivity index (χ0v) is 10.4. The van der Waals surface area contributed by atoms with Gasteiger partial charge >= 0.3 is 0 Å². The Morgan fingerprint density at radius 1 is 1.50 bits per heavy atom. The van der Waals surface area contributed by atoms with E-state index in [0.29, 0.717) is 6.42 Å². The SMILES string of the molecule is C=C/C(F)=C\C[C@H](CNNCC)C(C)OC. The molecule has 4 heteroatoms. The van der Waals surface area contributed by atoms with E-state index in [9.17, 15) is 4.39 Å². The summed E-state index contributed by atoms with van der Waals surface area (Å²) in [6, 6.07) is 0. The Bertz CT molecular complexity index is 219. The van der Waals surface area contributed by atoms with Crippen LogP contribution in [0.15, 0.2) is 24.6 Å². The number of hydrogen-bond donors (Lipinski definition) is 2. The summed E-state index contributed by atoms with van der Waals surface area (Å²) in [6.07, 6.45) is 3.47. The molecule has 1 unspecified atom stereocenters. The molecule has 0 radical (unpaired) electrons. The summed E-state index contributed by atoms with van der Waals surface area (Å²) in [5, 5.41) is 0. The van der Waals surface area contributed by atoms with Crippen molar-refractivity contribution in [2.45, 2.75) is 26.4 Å². The van der Waals surface area contributed by atoms with Crippen molar-refractivity contribution in [3.63, 3.8) is 0 Å². The molecule has 0 amide bonds. The van der Waals surface area contributed by atoms with Crippen molar-refractivity contribution in [3.8, 4) is 0 Å². The quantitative estimate of drug-likeness (QED) is 0.362. The summed E-state index contributed by atoms with van der Waals surface area (Å²) in [7, 11) is 1.67. The number of ether oxygens (including phenoxy) is 1. The van der Waals surface area contributed by atoms with Gasteiger partial charge in [-0.3, -0.25) is 10.9 Å². The first kappa shape index (κ1) is 15.3. The smallest absolute Gasteiger partial charge is 0.118 e. The Labute approximate surface area is 97.7 Å². The third kappa shape index (κ3) is 6.71. The van der Waals surface area contributed by atoms with Gasteiger partial charge in [-0.25, -0.2) is 4.39 Å². The highest BCUT2D eigenvalue weighted by Gasteiger charge is 2.15. The fourth-order valence-corrected chi connectivity index (χ4v) is 1.31. The Morgan fingerprint density at radius 3 is 2.69 bits per heavy atom. The largest absolute Gasteiger partial charge is 0.381 e. The molecule has 0 fully saturated rings. The molecule has 0 aliphatic rings. The van der Waals surface area contributed by atoms with Crippen LogP contribution < -0.4 is 10.9 Å². The summed E-state index contributed by atoms with van der Waals surface area (Å²) >= 11 is 0. The topological polar surface area (TPSA) is 33.3 Å². The molecule has 0 aliphatic heterocycles. The van der Waals surface area contributed by atoms with E-state index in [1.807, 2.05) is 13.8 Å². The Balaban J connectivity index is 4.14. The maximum atomic E-state index is 12.9. The molecule has 0 aliphatic carbocycles. The molecule has 0 saturated carbocycles. The van der Waals surface area contributed by atoms with Crippen molar-refractivity contribution in [2.24, 2.45) is 5.92 Å². The van der Waals surface area contributed by atoms with E-state index >= 15 is 0 Å². The third-order valence-corrected chi connectivity index (χ3v) is 2.51. The van der Waals surface area contributed by atoms with E-state index in [1.165, 1.54) is 6.08 Å². The number of hydrogen-bond acceptors (Lipinski definition) is 3. The normalized spacial score (nSPS) is 15.9. The van der Waals surface area contributed by atoms with Crippen LogP contribution in [0.5, 0.6) is 0 Å². The monoisotopic (exact) mass is 230 g/mol. The van der Waals surface area contributed by atoms with Crippen molar-refractivity contribution < 1.29 is 9.13 Å². The average molecular weight is 230 g/mol. The number of allylic oxidation sites excluding steroid dienone is 3. The lowest BCUT2D eigenvalue weighted by atomic mass is 9.99. The number of nitrogens with one attached hydrogen (secondary N) is 2. The second kappa shape index (κ2) is 9.51. The first-order chi connectivity index (χ1) is 7.65. The van der Waals surface area contributed by atoms with Gasteiger partial charge in [0, 0.05) is 26.1 Å². The zero-order chi connectivity index (χ0) is 12.4. The van der Waals surface area contributed by atoms with Gasteiger partial charge in [0.15, 0.2) is 0 Å². The van der Waals surface area contributed by atoms with E-state index in [2.05, 4.69) is 17.4 Å². The molecule has 0 bridgehead atoms. The van der Waals surface area contributed by atoms with Crippen LogP contribution in [0.1, 0.15) is 20.3 Å². The Kier molecular flexibility index (Phi) is 9.09. The first-order valence-electron chi connectivity index (χ1n) is 5.62. The van der Waals surface area contributed by atoms with Crippen molar-refractivity contribution >= 4 is 0 Å². The molecule has 3 nitrogen and oxygen atoms in total. The third-order valence-electron chi connectivity index (χ3n) is 2.51. The van der Waals surface area contributed by atoms with Crippen LogP contribution in [0, 0.1) is 5.92 Å². The van der Waals surface area contributed by atoms with E-state index < -0.39 is 0 Å². The van der Waals surface area contributed by atoms with Gasteiger partial charge in [-0.2, -0.15) is 0 Å². The Morgan fingerprint density at radius 2 is 2.19 bits per heavy atom. The molecule has 0 spiro atoms. The molecular formula is C12H23FN2O. The highest BCUT2D eigenvalue weighted by Crippen LogP contribution is 2.13. The van der Waals surface area contributed by atoms with Gasteiger partial charge in [-0.05, 0) is 25.5 Å². The maximum absolute atomic E-state index is 12.9. The molecule has 0 aromatic rings. The first-order valence-corrected chi connectivity index (χ1v) is 5.62. The van der Waals surface area contributed by atoms with Crippen molar-refractivity contribution in [2.75, 3.05) is 20.2 Å². The van der Waals surface area contributed by atoms with Crippen LogP contribution >= 0.6 is 0 Å². The van der Waals surface area contributed by atoms with Crippen molar-refractivity contribution in [1.29, 1.82) is 0 Å². The second-order valence-corrected chi connectivity index (χ2v) is 3.64. The van der Waals surface area contributed by atoms with Crippen LogP contribution in [-0.4, -0.2) is 26.3 Å². The number of rotatable bonds is 9. The van der Waals surface area contributed by atoms with Crippen LogP contribution in [0.2, 0.25) is 0 Å². The van der Waals surface area contributed by atoms with Gasteiger partial charge < -0.3 is 4.74 Å². The number of methoxy groups -OCH3 is 1. The number of halogens is 1. The van der Waals surface area contributed by atoms with Crippen LogP contribution in [0.25, 0.3) is 0 Å². The van der Waals surface area contributed by atoms with Crippen LogP contribution in [0.4, 0.5) is 4.39 Å². The maximum Gasteiger partial charge on any atom is 0.118 e. The molecule has 0 aromatic heterocycles. The zero-order valence-electron chi connectivity index (χ0n) is 10.4. The average Bonchev–Trinajstić information content (AvgIpc) is 2.32. The second-order valence-electron chi connectivity index (χ2n) is 3.64. The summed E-state index contributed by atoms with van der Waals surface area (Å²) in [6.45, 7) is 8.97. The van der Waals surface area contributed by atoms with Gasteiger partial charge in [0.25, 0.3) is 0 Å². The van der Waals surface area contributed by atoms with Crippen LogP contribution in [0.3, 0.4) is 0 Å². The molecule has 0 saturated heterocycles. The fraction of sp³-hybridized carbons (Fsp3) is 0.667. The van der Waals surface area contributed by atoms with Gasteiger partial charge in [0.1, 0.15) is 5.83 Å². The molecule has 0 rings (SSSR count). The predicted molar refractivity (Wildman–Crippen MR) is 65.6 cm³/mol. The summed E-state index contributed by atoms with van der Waals surface area (Å²) in [4.78, 5) is 0. The lowest BCUT2D eigenvalue weighted by molar-refractivity contribution is 0.0660. The summed E-state index contributed by atoms with van der Waals surface area (Å²) < 4.78 is 18.2. The minimum atomic E-state index is -0.281. The number of hydrazine groups is 1. The summed E-state index contributed by atoms with van der Waals surface area (Å²) in [5.74, 6) is -0.0495.